The number of halogens is 2. The Balaban J connectivity index is 1.78. The second-order valence-electron chi connectivity index (χ2n) is 4.71. The average Bonchev–Trinajstić information content (AvgIpc) is 2.83. The molecular formula is C16H13Cl2N5S. The van der Waals surface area contributed by atoms with Gasteiger partial charge in [0.05, 0.1) is 16.2 Å². The zero-order valence-corrected chi connectivity index (χ0v) is 14.7. The lowest BCUT2D eigenvalue weighted by Crippen LogP contribution is -2.04. The van der Waals surface area contributed by atoms with E-state index < -0.39 is 0 Å². The van der Waals surface area contributed by atoms with E-state index in [0.717, 1.165) is 10.6 Å². The molecule has 2 aromatic rings. The fourth-order valence-electron chi connectivity index (χ4n) is 1.89. The SMILES string of the molecule is Nc1nc(NC2=CC=CNC=C2)cnc1Sc1cccc(Cl)c1Cl. The average molecular weight is 378 g/mol. The summed E-state index contributed by atoms with van der Waals surface area (Å²) in [5, 5.41) is 7.65. The predicted octanol–water partition coefficient (Wildman–Crippen LogP) is 4.44. The molecule has 0 spiro atoms. The third kappa shape index (κ3) is 4.03. The normalized spacial score (nSPS) is 13.2. The zero-order chi connectivity index (χ0) is 16.9. The minimum absolute atomic E-state index is 0.313. The van der Waals surface area contributed by atoms with Gasteiger partial charge in [0.25, 0.3) is 0 Å². The number of allylic oxidation sites excluding steroid dienone is 3. The summed E-state index contributed by atoms with van der Waals surface area (Å²) in [5.41, 5.74) is 6.88. The van der Waals surface area contributed by atoms with Gasteiger partial charge in [-0.2, -0.15) is 0 Å². The summed E-state index contributed by atoms with van der Waals surface area (Å²) in [6.07, 6.45) is 10.9. The van der Waals surface area contributed by atoms with Crippen LogP contribution in [0.15, 0.2) is 70.6 Å². The molecule has 4 N–H and O–H groups in total. The molecule has 1 aliphatic rings. The van der Waals surface area contributed by atoms with Crippen LogP contribution in [-0.2, 0) is 0 Å². The number of benzene rings is 1. The number of hydrogen-bond donors (Lipinski definition) is 3. The maximum absolute atomic E-state index is 6.19. The summed E-state index contributed by atoms with van der Waals surface area (Å²) in [5.74, 6) is 0.869. The molecule has 1 aromatic heterocycles. The fourth-order valence-corrected chi connectivity index (χ4v) is 3.17. The molecule has 0 saturated carbocycles. The molecule has 1 aliphatic heterocycles. The quantitative estimate of drug-likeness (QED) is 0.730. The smallest absolute Gasteiger partial charge is 0.158 e. The van der Waals surface area contributed by atoms with Crippen molar-refractivity contribution in [2.45, 2.75) is 9.92 Å². The molecule has 0 fully saturated rings. The largest absolute Gasteiger partial charge is 0.381 e. The number of hydrogen-bond acceptors (Lipinski definition) is 6. The molecule has 5 nitrogen and oxygen atoms in total. The highest BCUT2D eigenvalue weighted by molar-refractivity contribution is 7.99. The first-order valence-corrected chi connectivity index (χ1v) is 8.51. The maximum Gasteiger partial charge on any atom is 0.158 e. The Morgan fingerprint density at radius 2 is 2.08 bits per heavy atom. The minimum atomic E-state index is 0.313. The molecule has 0 amide bonds. The van der Waals surface area contributed by atoms with Gasteiger partial charge < -0.3 is 16.4 Å². The minimum Gasteiger partial charge on any atom is -0.381 e. The van der Waals surface area contributed by atoms with Crippen LogP contribution in [0, 0.1) is 0 Å². The molecule has 1 aromatic carbocycles. The topological polar surface area (TPSA) is 75.9 Å². The van der Waals surface area contributed by atoms with E-state index in [1.165, 1.54) is 11.8 Å². The van der Waals surface area contributed by atoms with Crippen molar-refractivity contribution < 1.29 is 0 Å². The van der Waals surface area contributed by atoms with Gasteiger partial charge >= 0.3 is 0 Å². The molecule has 24 heavy (non-hydrogen) atoms. The highest BCUT2D eigenvalue weighted by Gasteiger charge is 2.11. The van der Waals surface area contributed by atoms with Crippen molar-refractivity contribution in [1.82, 2.24) is 15.3 Å². The summed E-state index contributed by atoms with van der Waals surface area (Å²) in [4.78, 5) is 9.47. The molecular weight excluding hydrogens is 365 g/mol. The number of nitrogens with zero attached hydrogens (tertiary/aromatic N) is 2. The lowest BCUT2D eigenvalue weighted by Gasteiger charge is -2.09. The van der Waals surface area contributed by atoms with Gasteiger partial charge in [-0.15, -0.1) is 0 Å². The van der Waals surface area contributed by atoms with E-state index in [2.05, 4.69) is 20.6 Å². The van der Waals surface area contributed by atoms with Crippen LogP contribution in [0.1, 0.15) is 0 Å². The summed E-state index contributed by atoms with van der Waals surface area (Å²) in [7, 11) is 0. The van der Waals surface area contributed by atoms with Crippen LogP contribution in [0.5, 0.6) is 0 Å². The zero-order valence-electron chi connectivity index (χ0n) is 12.3. The van der Waals surface area contributed by atoms with Crippen LogP contribution in [0.4, 0.5) is 11.6 Å². The van der Waals surface area contributed by atoms with Crippen LogP contribution in [0.25, 0.3) is 0 Å². The lowest BCUT2D eigenvalue weighted by atomic mass is 10.4. The van der Waals surface area contributed by atoms with Gasteiger partial charge in [0, 0.05) is 23.0 Å². The van der Waals surface area contributed by atoms with Crippen molar-refractivity contribution in [3.63, 3.8) is 0 Å². The number of rotatable bonds is 4. The molecule has 0 saturated heterocycles. The second-order valence-corrected chi connectivity index (χ2v) is 6.52. The Bertz CT molecular complexity index is 848. The van der Waals surface area contributed by atoms with Crippen molar-refractivity contribution in [3.05, 3.63) is 70.8 Å². The van der Waals surface area contributed by atoms with E-state index >= 15 is 0 Å². The standard InChI is InChI=1S/C16H13Cl2N5S/c17-11-4-1-5-12(14(11)18)24-16-15(19)23-13(9-21-16)22-10-3-2-7-20-8-6-10/h1-9,20H,(H3,19,22,23). The Kier molecular flexibility index (Phi) is 5.30. The first-order valence-electron chi connectivity index (χ1n) is 6.94. The Labute approximate surface area is 153 Å². The van der Waals surface area contributed by atoms with Gasteiger partial charge in [-0.1, -0.05) is 41.0 Å². The molecule has 0 unspecified atom stereocenters. The highest BCUT2D eigenvalue weighted by Crippen LogP contribution is 2.37. The molecule has 0 aliphatic carbocycles. The fraction of sp³-hybridized carbons (Fsp3) is 0. The maximum atomic E-state index is 6.19. The number of aromatic nitrogens is 2. The van der Waals surface area contributed by atoms with Crippen molar-refractivity contribution in [1.29, 1.82) is 0 Å². The third-order valence-electron chi connectivity index (χ3n) is 2.99. The number of nitrogen functional groups attached to an aromatic ring is 1. The number of nitrogens with two attached hydrogens (primary N) is 1. The van der Waals surface area contributed by atoms with E-state index in [0.29, 0.717) is 26.7 Å². The monoisotopic (exact) mass is 377 g/mol. The first-order chi connectivity index (χ1) is 11.6. The van der Waals surface area contributed by atoms with Gasteiger partial charge in [0.1, 0.15) is 5.03 Å². The van der Waals surface area contributed by atoms with Crippen molar-refractivity contribution in [2.75, 3.05) is 11.1 Å². The Morgan fingerprint density at radius 1 is 1.21 bits per heavy atom. The van der Waals surface area contributed by atoms with Crippen LogP contribution >= 0.6 is 35.0 Å². The molecule has 0 radical (unpaired) electrons. The number of nitrogens with one attached hydrogen (secondary N) is 2. The third-order valence-corrected chi connectivity index (χ3v) is 4.99. The van der Waals surface area contributed by atoms with Crippen LogP contribution in [0.2, 0.25) is 10.0 Å². The molecule has 8 heteroatoms. The Hall–Kier alpha value is -2.15. The summed E-state index contributed by atoms with van der Waals surface area (Å²) in [6.45, 7) is 0. The van der Waals surface area contributed by atoms with Crippen molar-refractivity contribution in [3.8, 4) is 0 Å². The van der Waals surface area contributed by atoms with Crippen molar-refractivity contribution >= 4 is 46.6 Å². The molecule has 0 bridgehead atoms. The first kappa shape index (κ1) is 16.7. The molecule has 122 valence electrons. The number of anilines is 2. The van der Waals surface area contributed by atoms with Crippen LogP contribution in [0.3, 0.4) is 0 Å². The van der Waals surface area contributed by atoms with E-state index in [1.54, 1.807) is 12.3 Å². The van der Waals surface area contributed by atoms with Gasteiger partial charge in [0.15, 0.2) is 11.6 Å². The lowest BCUT2D eigenvalue weighted by molar-refractivity contribution is 1.07. The van der Waals surface area contributed by atoms with E-state index in [1.807, 2.05) is 42.8 Å². The van der Waals surface area contributed by atoms with Crippen LogP contribution in [-0.4, -0.2) is 9.97 Å². The molecule has 3 rings (SSSR count). The highest BCUT2D eigenvalue weighted by atomic mass is 35.5. The summed E-state index contributed by atoms with van der Waals surface area (Å²) < 4.78 is 0. The van der Waals surface area contributed by atoms with Gasteiger partial charge in [-0.25, -0.2) is 9.97 Å². The van der Waals surface area contributed by atoms with Crippen LogP contribution < -0.4 is 16.4 Å². The molecule has 2 heterocycles. The van der Waals surface area contributed by atoms with Gasteiger partial charge in [0.2, 0.25) is 0 Å². The second kappa shape index (κ2) is 7.61. The Morgan fingerprint density at radius 3 is 2.92 bits per heavy atom. The van der Waals surface area contributed by atoms with E-state index in [9.17, 15) is 0 Å². The van der Waals surface area contributed by atoms with Crippen molar-refractivity contribution in [2.24, 2.45) is 0 Å². The predicted molar refractivity (Wildman–Crippen MR) is 100 cm³/mol. The van der Waals surface area contributed by atoms with E-state index in [-0.39, 0.29) is 0 Å². The summed E-state index contributed by atoms with van der Waals surface area (Å²) in [6, 6.07) is 5.41. The van der Waals surface area contributed by atoms with Gasteiger partial charge in [-0.3, -0.25) is 0 Å². The molecule has 0 atom stereocenters. The van der Waals surface area contributed by atoms with Gasteiger partial charge in [-0.05, 0) is 30.4 Å². The van der Waals surface area contributed by atoms with E-state index in [4.69, 9.17) is 28.9 Å². The summed E-state index contributed by atoms with van der Waals surface area (Å²) >= 11 is 13.5.